The van der Waals surface area contributed by atoms with E-state index in [0.29, 0.717) is 5.69 Å². The Kier molecular flexibility index (Phi) is 5.35. The van der Waals surface area contributed by atoms with Gasteiger partial charge in [-0.1, -0.05) is 30.3 Å². The predicted molar refractivity (Wildman–Crippen MR) is 110 cm³/mol. The molecule has 0 fully saturated rings. The van der Waals surface area contributed by atoms with Gasteiger partial charge in [-0.05, 0) is 21.5 Å². The van der Waals surface area contributed by atoms with Gasteiger partial charge in [-0.2, -0.15) is 0 Å². The molecule has 0 radical (unpaired) electrons. The molecule has 2 aromatic heterocycles. The van der Waals surface area contributed by atoms with Crippen molar-refractivity contribution in [3.63, 3.8) is 0 Å². The fourth-order valence-electron chi connectivity index (χ4n) is 3.14. The summed E-state index contributed by atoms with van der Waals surface area (Å²) in [6, 6.07) is 13.4. The summed E-state index contributed by atoms with van der Waals surface area (Å²) in [5.41, 5.74) is 1.10. The van der Waals surface area contributed by atoms with Crippen molar-refractivity contribution in [2.45, 2.75) is 13.2 Å². The molecule has 0 bridgehead atoms. The molecule has 0 saturated carbocycles. The van der Waals surface area contributed by atoms with Gasteiger partial charge >= 0.3 is 5.82 Å². The molecule has 1 aromatic carbocycles. The van der Waals surface area contributed by atoms with E-state index in [9.17, 15) is 19.7 Å². The Labute approximate surface area is 176 Å². The van der Waals surface area contributed by atoms with E-state index in [1.807, 2.05) is 30.3 Å². The number of amides is 1. The van der Waals surface area contributed by atoms with Crippen LogP contribution in [0.15, 0.2) is 59.5 Å². The molecule has 4 rings (SSSR count). The maximum absolute atomic E-state index is 12.6. The molecule has 1 aliphatic heterocycles. The highest BCUT2D eigenvalue weighted by atomic mass is 16.6. The lowest BCUT2D eigenvalue weighted by Gasteiger charge is -2.26. The van der Waals surface area contributed by atoms with Crippen LogP contribution in [0.25, 0.3) is 0 Å². The topological polar surface area (TPSA) is 117 Å². The van der Waals surface area contributed by atoms with Crippen LogP contribution < -0.4 is 19.8 Å². The number of anilines is 1. The van der Waals surface area contributed by atoms with E-state index in [-0.39, 0.29) is 42.5 Å². The first-order valence-corrected chi connectivity index (χ1v) is 9.37. The molecule has 10 nitrogen and oxygen atoms in total. The van der Waals surface area contributed by atoms with Crippen molar-refractivity contribution in [2.24, 2.45) is 7.05 Å². The molecule has 0 atom stereocenters. The van der Waals surface area contributed by atoms with Crippen LogP contribution in [-0.4, -0.2) is 27.0 Å². The Morgan fingerprint density at radius 1 is 1.19 bits per heavy atom. The van der Waals surface area contributed by atoms with Crippen molar-refractivity contribution in [2.75, 3.05) is 11.5 Å². The Hall–Kier alpha value is -4.21. The number of aryl methyl sites for hydroxylation is 1. The number of benzene rings is 1. The van der Waals surface area contributed by atoms with Gasteiger partial charge < -0.3 is 24.2 Å². The molecule has 10 heteroatoms. The standard InChI is InChI=1S/C21H18N4O6/c1-23-11-18(30-12-14-5-3-2-4-6-14)16(26)9-15(23)10-24-20(27)13-31-17-7-8-19(25(28)29)22-21(17)24/h2-9,11H,10,12-13H2,1H3. The Morgan fingerprint density at radius 2 is 1.97 bits per heavy atom. The maximum Gasteiger partial charge on any atom is 0.366 e. The summed E-state index contributed by atoms with van der Waals surface area (Å²) < 4.78 is 12.6. The number of ether oxygens (including phenoxy) is 2. The summed E-state index contributed by atoms with van der Waals surface area (Å²) in [4.78, 5) is 40.6. The smallest absolute Gasteiger partial charge is 0.366 e. The van der Waals surface area contributed by atoms with Gasteiger partial charge in [0, 0.05) is 24.9 Å². The number of fused-ring (bicyclic) bond motifs is 1. The summed E-state index contributed by atoms with van der Waals surface area (Å²) in [5.74, 6) is -0.337. The van der Waals surface area contributed by atoms with Gasteiger partial charge in [-0.25, -0.2) is 0 Å². The fourth-order valence-corrected chi connectivity index (χ4v) is 3.14. The Balaban J connectivity index is 1.59. The van der Waals surface area contributed by atoms with E-state index in [1.165, 1.54) is 23.1 Å². The number of hydrogen-bond donors (Lipinski definition) is 0. The second-order valence-corrected chi connectivity index (χ2v) is 6.90. The molecule has 0 unspecified atom stereocenters. The number of nitrogens with zero attached hydrogens (tertiary/aromatic N) is 4. The Morgan fingerprint density at radius 3 is 2.71 bits per heavy atom. The SMILES string of the molecule is Cn1cc(OCc2ccccc2)c(=O)cc1CN1C(=O)COc2ccc([N+](=O)[O-])nc21. The summed E-state index contributed by atoms with van der Waals surface area (Å²) in [6.07, 6.45) is 1.55. The lowest BCUT2D eigenvalue weighted by atomic mass is 10.2. The minimum absolute atomic E-state index is 0.00589. The molecule has 1 aliphatic rings. The highest BCUT2D eigenvalue weighted by Crippen LogP contribution is 2.32. The van der Waals surface area contributed by atoms with Gasteiger partial charge in [0.05, 0.1) is 12.7 Å². The quantitative estimate of drug-likeness (QED) is 0.441. The predicted octanol–water partition coefficient (Wildman–Crippen LogP) is 2.19. The monoisotopic (exact) mass is 422 g/mol. The zero-order valence-electron chi connectivity index (χ0n) is 16.6. The Bertz CT molecular complexity index is 1210. The number of rotatable bonds is 6. The van der Waals surface area contributed by atoms with E-state index in [2.05, 4.69) is 4.98 Å². The van der Waals surface area contributed by atoms with E-state index in [0.717, 1.165) is 5.56 Å². The number of hydrogen-bond acceptors (Lipinski definition) is 7. The normalized spacial score (nSPS) is 12.8. The lowest BCUT2D eigenvalue weighted by molar-refractivity contribution is -0.389. The van der Waals surface area contributed by atoms with Crippen LogP contribution in [-0.2, 0) is 25.0 Å². The molecule has 3 aromatic rings. The summed E-state index contributed by atoms with van der Waals surface area (Å²) in [5, 5.41) is 11.1. The average molecular weight is 422 g/mol. The molecular weight excluding hydrogens is 404 g/mol. The van der Waals surface area contributed by atoms with E-state index in [1.54, 1.807) is 17.8 Å². The largest absolute Gasteiger partial charge is 0.483 e. The highest BCUT2D eigenvalue weighted by Gasteiger charge is 2.32. The van der Waals surface area contributed by atoms with Gasteiger partial charge in [0.15, 0.2) is 18.1 Å². The number of pyridine rings is 2. The molecule has 3 heterocycles. The van der Waals surface area contributed by atoms with Crippen LogP contribution in [0, 0.1) is 10.1 Å². The summed E-state index contributed by atoms with van der Waals surface area (Å²) in [6.45, 7) is 0.0190. The van der Waals surface area contributed by atoms with Gasteiger partial charge in [-0.3, -0.25) is 14.5 Å². The minimum atomic E-state index is -0.647. The molecule has 31 heavy (non-hydrogen) atoms. The number of carbonyl (C=O) groups excluding carboxylic acids is 1. The van der Waals surface area contributed by atoms with Gasteiger partial charge in [0.2, 0.25) is 5.43 Å². The first kappa shape index (κ1) is 20.1. The molecule has 1 amide bonds. The van der Waals surface area contributed by atoms with Crippen LogP contribution in [0.4, 0.5) is 11.6 Å². The van der Waals surface area contributed by atoms with Crippen molar-refractivity contribution in [1.29, 1.82) is 0 Å². The molecule has 158 valence electrons. The average Bonchev–Trinajstić information content (AvgIpc) is 2.77. The molecule has 0 saturated heterocycles. The van der Waals surface area contributed by atoms with Crippen LogP contribution >= 0.6 is 0 Å². The van der Waals surface area contributed by atoms with Crippen molar-refractivity contribution < 1.29 is 19.2 Å². The number of nitro groups is 1. The van der Waals surface area contributed by atoms with E-state index in [4.69, 9.17) is 9.47 Å². The second kappa shape index (κ2) is 8.27. The zero-order chi connectivity index (χ0) is 22.0. The van der Waals surface area contributed by atoms with Gasteiger partial charge in [0.25, 0.3) is 11.7 Å². The maximum atomic E-state index is 12.6. The first-order chi connectivity index (χ1) is 14.9. The summed E-state index contributed by atoms with van der Waals surface area (Å²) >= 11 is 0. The van der Waals surface area contributed by atoms with Crippen LogP contribution in [0.3, 0.4) is 0 Å². The fraction of sp³-hybridized carbons (Fsp3) is 0.190. The zero-order valence-corrected chi connectivity index (χ0v) is 16.6. The van der Waals surface area contributed by atoms with Crippen LogP contribution in [0.2, 0.25) is 0 Å². The van der Waals surface area contributed by atoms with Gasteiger partial charge in [-0.15, -0.1) is 0 Å². The van der Waals surface area contributed by atoms with Crippen molar-refractivity contribution in [3.05, 3.63) is 86.3 Å². The third-order valence-electron chi connectivity index (χ3n) is 4.78. The second-order valence-electron chi connectivity index (χ2n) is 6.90. The van der Waals surface area contributed by atoms with Crippen LogP contribution in [0.5, 0.6) is 11.5 Å². The first-order valence-electron chi connectivity index (χ1n) is 9.37. The third-order valence-corrected chi connectivity index (χ3v) is 4.78. The molecule has 0 aliphatic carbocycles. The minimum Gasteiger partial charge on any atom is -0.483 e. The van der Waals surface area contributed by atoms with E-state index < -0.39 is 16.6 Å². The van der Waals surface area contributed by atoms with Crippen molar-refractivity contribution >= 4 is 17.5 Å². The van der Waals surface area contributed by atoms with Crippen molar-refractivity contribution in [1.82, 2.24) is 9.55 Å². The summed E-state index contributed by atoms with van der Waals surface area (Å²) in [7, 11) is 1.72. The highest BCUT2D eigenvalue weighted by molar-refractivity contribution is 5.96. The van der Waals surface area contributed by atoms with Crippen molar-refractivity contribution in [3.8, 4) is 11.5 Å². The van der Waals surface area contributed by atoms with Crippen LogP contribution in [0.1, 0.15) is 11.3 Å². The number of aromatic nitrogens is 2. The molecular formula is C21H18N4O6. The van der Waals surface area contributed by atoms with Gasteiger partial charge in [0.1, 0.15) is 6.61 Å². The third kappa shape index (κ3) is 4.22. The molecule has 0 N–H and O–H groups in total. The molecule has 0 spiro atoms. The number of carbonyl (C=O) groups is 1. The lowest BCUT2D eigenvalue weighted by Crippen LogP contribution is -2.39. The van der Waals surface area contributed by atoms with E-state index >= 15 is 0 Å².